The lowest BCUT2D eigenvalue weighted by Crippen LogP contribution is -2.39. The van der Waals surface area contributed by atoms with E-state index in [1.807, 2.05) is 68.4 Å². The predicted molar refractivity (Wildman–Crippen MR) is 114 cm³/mol. The Morgan fingerprint density at radius 2 is 1.93 bits per heavy atom. The molecule has 0 aliphatic heterocycles. The number of likely N-dealkylation sites (N-methyl/N-ethyl adjacent to an activating group) is 1. The quantitative estimate of drug-likeness (QED) is 0.579. The Kier molecular flexibility index (Phi) is 6.49. The molecule has 148 valence electrons. The summed E-state index contributed by atoms with van der Waals surface area (Å²) >= 11 is 1.48. The number of hydrogen-bond donors (Lipinski definition) is 0. The van der Waals surface area contributed by atoms with E-state index in [0.29, 0.717) is 11.7 Å². The molecule has 0 atom stereocenters. The van der Waals surface area contributed by atoms with Gasteiger partial charge >= 0.3 is 0 Å². The molecule has 0 bridgehead atoms. The number of aryl methyl sites for hydroxylation is 1. The molecular weight excluding hydrogens is 374 g/mol. The van der Waals surface area contributed by atoms with Crippen LogP contribution in [-0.4, -0.2) is 56.7 Å². The van der Waals surface area contributed by atoms with E-state index in [1.165, 1.54) is 11.3 Å². The van der Waals surface area contributed by atoms with Crippen LogP contribution in [0.5, 0.6) is 11.5 Å². The summed E-state index contributed by atoms with van der Waals surface area (Å²) in [6.07, 6.45) is 0. The molecule has 1 heterocycles. The SMILES string of the molecule is COc1ccc2nc(N(CCN(C)C)C(=O)COc3ccccc3C)sc2c1. The molecule has 1 aromatic heterocycles. The second-order valence-electron chi connectivity index (χ2n) is 6.73. The van der Waals surface area contributed by atoms with Crippen LogP contribution >= 0.6 is 11.3 Å². The second kappa shape index (κ2) is 9.03. The molecule has 0 saturated carbocycles. The van der Waals surface area contributed by atoms with Crippen LogP contribution in [0.4, 0.5) is 5.13 Å². The van der Waals surface area contributed by atoms with Crippen LogP contribution in [0.25, 0.3) is 10.2 Å². The number of anilines is 1. The summed E-state index contributed by atoms with van der Waals surface area (Å²) < 4.78 is 12.0. The molecule has 1 amide bonds. The maximum Gasteiger partial charge on any atom is 0.266 e. The van der Waals surface area contributed by atoms with Crippen LogP contribution in [0, 0.1) is 6.92 Å². The number of carbonyl (C=O) groups excluding carboxylic acids is 1. The van der Waals surface area contributed by atoms with E-state index >= 15 is 0 Å². The van der Waals surface area contributed by atoms with Gasteiger partial charge < -0.3 is 14.4 Å². The van der Waals surface area contributed by atoms with Gasteiger partial charge in [-0.25, -0.2) is 4.98 Å². The Bertz CT molecular complexity index is 955. The van der Waals surface area contributed by atoms with Crippen molar-refractivity contribution in [3.8, 4) is 11.5 Å². The zero-order chi connectivity index (χ0) is 20.1. The Labute approximate surface area is 169 Å². The third-order valence-electron chi connectivity index (χ3n) is 4.33. The third kappa shape index (κ3) is 4.79. The van der Waals surface area contributed by atoms with E-state index in [2.05, 4.69) is 4.98 Å². The fourth-order valence-corrected chi connectivity index (χ4v) is 3.74. The van der Waals surface area contributed by atoms with Gasteiger partial charge in [-0.05, 0) is 50.8 Å². The van der Waals surface area contributed by atoms with Gasteiger partial charge in [0.15, 0.2) is 11.7 Å². The summed E-state index contributed by atoms with van der Waals surface area (Å²) in [5, 5.41) is 0.670. The monoisotopic (exact) mass is 399 g/mol. The number of hydrogen-bond acceptors (Lipinski definition) is 6. The number of aromatic nitrogens is 1. The smallest absolute Gasteiger partial charge is 0.266 e. The average Bonchev–Trinajstić information content (AvgIpc) is 3.09. The number of fused-ring (bicyclic) bond motifs is 1. The van der Waals surface area contributed by atoms with Crippen molar-refractivity contribution in [2.45, 2.75) is 6.92 Å². The molecule has 0 spiro atoms. The minimum Gasteiger partial charge on any atom is -0.497 e. The first-order valence-corrected chi connectivity index (χ1v) is 9.87. The fraction of sp³-hybridized carbons (Fsp3) is 0.333. The summed E-state index contributed by atoms with van der Waals surface area (Å²) in [4.78, 5) is 21.4. The van der Waals surface area contributed by atoms with Crippen molar-refractivity contribution in [2.75, 3.05) is 45.8 Å². The number of para-hydroxylation sites is 1. The highest BCUT2D eigenvalue weighted by Gasteiger charge is 2.21. The van der Waals surface area contributed by atoms with Gasteiger partial charge in [0, 0.05) is 13.1 Å². The van der Waals surface area contributed by atoms with Crippen molar-refractivity contribution in [1.29, 1.82) is 0 Å². The number of thiazole rings is 1. The maximum atomic E-state index is 13.0. The third-order valence-corrected chi connectivity index (χ3v) is 5.37. The highest BCUT2D eigenvalue weighted by molar-refractivity contribution is 7.22. The zero-order valence-corrected chi connectivity index (χ0v) is 17.5. The number of benzene rings is 2. The maximum absolute atomic E-state index is 13.0. The van der Waals surface area contributed by atoms with E-state index in [1.54, 1.807) is 12.0 Å². The second-order valence-corrected chi connectivity index (χ2v) is 7.74. The van der Waals surface area contributed by atoms with Crippen LogP contribution in [0.2, 0.25) is 0 Å². The summed E-state index contributed by atoms with van der Waals surface area (Å²) in [5.74, 6) is 1.38. The van der Waals surface area contributed by atoms with Crippen LogP contribution in [0.1, 0.15) is 5.56 Å². The molecule has 0 radical (unpaired) electrons. The van der Waals surface area contributed by atoms with Gasteiger partial charge in [-0.15, -0.1) is 0 Å². The molecule has 7 heteroatoms. The number of rotatable bonds is 8. The molecule has 2 aromatic carbocycles. The van der Waals surface area contributed by atoms with Gasteiger partial charge in [-0.1, -0.05) is 29.5 Å². The Hall–Kier alpha value is -2.64. The number of methoxy groups -OCH3 is 1. The van der Waals surface area contributed by atoms with Gasteiger partial charge in [0.25, 0.3) is 5.91 Å². The van der Waals surface area contributed by atoms with Crippen molar-refractivity contribution in [1.82, 2.24) is 9.88 Å². The summed E-state index contributed by atoms with van der Waals surface area (Å²) in [6, 6.07) is 13.4. The molecule has 3 aromatic rings. The molecule has 3 rings (SSSR count). The van der Waals surface area contributed by atoms with E-state index in [0.717, 1.165) is 33.8 Å². The van der Waals surface area contributed by atoms with E-state index in [9.17, 15) is 4.79 Å². The minimum absolute atomic E-state index is 0.0302. The molecule has 0 fully saturated rings. The molecular formula is C21H25N3O3S. The summed E-state index contributed by atoms with van der Waals surface area (Å²) in [7, 11) is 5.60. The first kappa shape index (κ1) is 20.1. The first-order valence-electron chi connectivity index (χ1n) is 9.06. The Balaban J connectivity index is 1.81. The zero-order valence-electron chi connectivity index (χ0n) is 16.6. The molecule has 28 heavy (non-hydrogen) atoms. The van der Waals surface area contributed by atoms with Crippen molar-refractivity contribution in [3.63, 3.8) is 0 Å². The highest BCUT2D eigenvalue weighted by Crippen LogP contribution is 2.31. The van der Waals surface area contributed by atoms with Crippen LogP contribution in [-0.2, 0) is 4.79 Å². The number of amides is 1. The van der Waals surface area contributed by atoms with Crippen LogP contribution in [0.3, 0.4) is 0 Å². The fourth-order valence-electron chi connectivity index (χ4n) is 2.70. The lowest BCUT2D eigenvalue weighted by atomic mass is 10.2. The van der Waals surface area contributed by atoms with E-state index in [4.69, 9.17) is 9.47 Å². The largest absolute Gasteiger partial charge is 0.497 e. The number of carbonyl (C=O) groups is 1. The van der Waals surface area contributed by atoms with Crippen LogP contribution < -0.4 is 14.4 Å². The first-order chi connectivity index (χ1) is 13.5. The van der Waals surface area contributed by atoms with Gasteiger partial charge in [-0.3, -0.25) is 9.69 Å². The molecule has 0 aliphatic carbocycles. The van der Waals surface area contributed by atoms with Crippen molar-refractivity contribution in [2.24, 2.45) is 0 Å². The van der Waals surface area contributed by atoms with Crippen molar-refractivity contribution < 1.29 is 14.3 Å². The van der Waals surface area contributed by atoms with Crippen LogP contribution in [0.15, 0.2) is 42.5 Å². The normalized spacial score (nSPS) is 11.0. The highest BCUT2D eigenvalue weighted by atomic mass is 32.1. The lowest BCUT2D eigenvalue weighted by Gasteiger charge is -2.22. The molecule has 0 saturated heterocycles. The molecule has 0 N–H and O–H groups in total. The molecule has 6 nitrogen and oxygen atoms in total. The predicted octanol–water partition coefficient (Wildman–Crippen LogP) is 3.59. The van der Waals surface area contributed by atoms with Crippen molar-refractivity contribution >= 4 is 32.6 Å². The van der Waals surface area contributed by atoms with Gasteiger partial charge in [-0.2, -0.15) is 0 Å². The summed E-state index contributed by atoms with van der Waals surface area (Å²) in [6.45, 7) is 3.21. The Morgan fingerprint density at radius 1 is 1.14 bits per heavy atom. The standard InChI is InChI=1S/C21H25N3O3S/c1-15-7-5-6-8-18(15)27-14-20(25)24(12-11-23(2)3)21-22-17-10-9-16(26-4)13-19(17)28-21/h5-10,13H,11-12,14H2,1-4H3. The van der Waals surface area contributed by atoms with Gasteiger partial charge in [0.1, 0.15) is 11.5 Å². The Morgan fingerprint density at radius 3 is 2.64 bits per heavy atom. The minimum atomic E-state index is -0.115. The van der Waals surface area contributed by atoms with E-state index in [-0.39, 0.29) is 12.5 Å². The van der Waals surface area contributed by atoms with Gasteiger partial charge in [0.05, 0.1) is 17.3 Å². The topological polar surface area (TPSA) is 54.9 Å². The van der Waals surface area contributed by atoms with Crippen molar-refractivity contribution in [3.05, 3.63) is 48.0 Å². The lowest BCUT2D eigenvalue weighted by molar-refractivity contribution is -0.120. The number of ether oxygens (including phenoxy) is 2. The molecule has 0 unspecified atom stereocenters. The summed E-state index contributed by atoms with van der Waals surface area (Å²) in [5.41, 5.74) is 1.85. The molecule has 0 aliphatic rings. The average molecular weight is 400 g/mol. The van der Waals surface area contributed by atoms with E-state index < -0.39 is 0 Å². The van der Waals surface area contributed by atoms with Gasteiger partial charge in [0.2, 0.25) is 0 Å². The number of nitrogens with zero attached hydrogens (tertiary/aromatic N) is 3.